The van der Waals surface area contributed by atoms with Gasteiger partial charge in [0.2, 0.25) is 0 Å². The van der Waals surface area contributed by atoms with Crippen LogP contribution in [0.15, 0.2) is 113 Å². The molecule has 7 rings (SSSR count). The summed E-state index contributed by atoms with van der Waals surface area (Å²) in [6.45, 7) is 6.52. The molecule has 1 aromatic heterocycles. The average molecular weight is 565 g/mol. The number of benzene rings is 4. The maximum atomic E-state index is 5.36. The summed E-state index contributed by atoms with van der Waals surface area (Å²) in [5.41, 5.74) is 9.84. The maximum absolute atomic E-state index is 5.36. The van der Waals surface area contributed by atoms with Crippen molar-refractivity contribution in [2.45, 2.75) is 52.5 Å². The molecule has 2 aliphatic heterocycles. The van der Waals surface area contributed by atoms with Crippen LogP contribution in [0.4, 0.5) is 22.9 Å². The van der Waals surface area contributed by atoms with Crippen molar-refractivity contribution < 1.29 is 0 Å². The first kappa shape index (κ1) is 26.9. The predicted molar refractivity (Wildman–Crippen MR) is 178 cm³/mol. The second-order valence-corrected chi connectivity index (χ2v) is 11.2. The normalized spacial score (nSPS) is 15.2. The van der Waals surface area contributed by atoms with Crippen molar-refractivity contribution in [2.24, 2.45) is 9.98 Å². The number of para-hydroxylation sites is 3. The molecule has 5 aromatic rings. The fourth-order valence-corrected chi connectivity index (χ4v) is 6.07. The Bertz CT molecular complexity index is 1810. The largest absolute Gasteiger partial charge is 0.337 e. The van der Waals surface area contributed by atoms with Gasteiger partial charge in [-0.05, 0) is 79.3 Å². The molecular formula is C37H36N6. The molecule has 43 heavy (non-hydrogen) atoms. The molecular weight excluding hydrogens is 528 g/mol. The lowest BCUT2D eigenvalue weighted by molar-refractivity contribution is 0.795. The molecule has 0 unspecified atom stereocenters. The van der Waals surface area contributed by atoms with Crippen molar-refractivity contribution in [2.75, 3.05) is 10.2 Å². The summed E-state index contributed by atoms with van der Waals surface area (Å²) in [7, 11) is 0. The van der Waals surface area contributed by atoms with Crippen molar-refractivity contribution in [3.05, 3.63) is 131 Å². The number of aliphatic imine (C=N–C) groups is 2. The van der Waals surface area contributed by atoms with Crippen LogP contribution >= 0.6 is 0 Å². The van der Waals surface area contributed by atoms with Gasteiger partial charge in [0.05, 0.1) is 28.8 Å². The zero-order chi connectivity index (χ0) is 29.3. The molecule has 0 saturated carbocycles. The maximum Gasteiger partial charge on any atom is 0.179 e. The highest BCUT2D eigenvalue weighted by Crippen LogP contribution is 2.48. The third kappa shape index (κ3) is 4.93. The summed E-state index contributed by atoms with van der Waals surface area (Å²) < 4.78 is 1.98. The lowest BCUT2D eigenvalue weighted by Crippen LogP contribution is -2.46. The molecule has 4 aromatic carbocycles. The average Bonchev–Trinajstić information content (AvgIpc) is 3.39. The molecule has 214 valence electrons. The number of aryl methyl sites for hydroxylation is 3. The highest BCUT2D eigenvalue weighted by atomic mass is 15.4. The van der Waals surface area contributed by atoms with Gasteiger partial charge in [-0.2, -0.15) is 5.10 Å². The Labute approximate surface area is 253 Å². The number of anilines is 2. The van der Waals surface area contributed by atoms with Crippen molar-refractivity contribution in [3.8, 4) is 5.69 Å². The number of nitrogens with one attached hydrogen (secondary N) is 1. The molecule has 0 radical (unpaired) electrons. The van der Waals surface area contributed by atoms with E-state index in [4.69, 9.17) is 15.1 Å². The third-order valence-corrected chi connectivity index (χ3v) is 8.38. The lowest BCUT2D eigenvalue weighted by atomic mass is 9.92. The molecule has 0 aliphatic carbocycles. The summed E-state index contributed by atoms with van der Waals surface area (Å²) in [5, 5.41) is 8.69. The van der Waals surface area contributed by atoms with Crippen LogP contribution in [0, 0.1) is 6.92 Å². The lowest BCUT2D eigenvalue weighted by Gasteiger charge is -2.40. The number of nitrogens with zero attached hydrogens (tertiary/aromatic N) is 5. The Balaban J connectivity index is 1.41. The van der Waals surface area contributed by atoms with Gasteiger partial charge >= 0.3 is 0 Å². The predicted octanol–water partition coefficient (Wildman–Crippen LogP) is 8.88. The fraction of sp³-hybridized carbons (Fsp3) is 0.216. The summed E-state index contributed by atoms with van der Waals surface area (Å²) in [6, 6.07) is 36.2. The Morgan fingerprint density at radius 1 is 0.767 bits per heavy atom. The van der Waals surface area contributed by atoms with E-state index in [0.717, 1.165) is 64.3 Å². The number of rotatable bonds is 7. The summed E-state index contributed by atoms with van der Waals surface area (Å²) >= 11 is 0. The van der Waals surface area contributed by atoms with Gasteiger partial charge < -0.3 is 10.2 Å². The first-order valence-electron chi connectivity index (χ1n) is 15.3. The van der Waals surface area contributed by atoms with Crippen LogP contribution < -0.4 is 10.2 Å². The summed E-state index contributed by atoms with van der Waals surface area (Å²) in [5.74, 6) is 2.34. The van der Waals surface area contributed by atoms with E-state index in [1.54, 1.807) is 0 Å². The number of unbranched alkanes of at least 4 members (excludes halogenated alkanes) is 1. The quantitative estimate of drug-likeness (QED) is 0.215. The van der Waals surface area contributed by atoms with Crippen LogP contribution in [0.3, 0.4) is 0 Å². The molecule has 1 N–H and O–H groups in total. The van der Waals surface area contributed by atoms with Crippen LogP contribution in [0.5, 0.6) is 0 Å². The van der Waals surface area contributed by atoms with Gasteiger partial charge in [-0.25, -0.2) is 14.7 Å². The zero-order valence-electron chi connectivity index (χ0n) is 25.0. The minimum Gasteiger partial charge on any atom is -0.337 e. The van der Waals surface area contributed by atoms with Crippen LogP contribution in [-0.2, 0) is 12.8 Å². The van der Waals surface area contributed by atoms with Gasteiger partial charge in [0.1, 0.15) is 0 Å². The topological polar surface area (TPSA) is 57.8 Å². The number of fused-ring (bicyclic) bond motifs is 4. The molecule has 6 heteroatoms. The highest BCUT2D eigenvalue weighted by Gasteiger charge is 2.41. The molecule has 0 spiro atoms. The minimum absolute atomic E-state index is 0.129. The van der Waals surface area contributed by atoms with E-state index in [0.29, 0.717) is 0 Å². The van der Waals surface area contributed by atoms with Gasteiger partial charge in [0.25, 0.3) is 0 Å². The van der Waals surface area contributed by atoms with Crippen LogP contribution in [0.1, 0.15) is 60.7 Å². The molecule has 2 aliphatic rings. The van der Waals surface area contributed by atoms with Gasteiger partial charge in [0, 0.05) is 11.3 Å². The SMILES string of the molecule is CCCCc1ccc(NC2=Nc3ccccc3N3C2=Nc2c(c(C)nn2-c2ccccc2)[C@H]3c2ccc(CC)cc2)cc1. The second-order valence-electron chi connectivity index (χ2n) is 11.2. The minimum atomic E-state index is -0.129. The van der Waals surface area contributed by atoms with E-state index in [1.807, 2.05) is 28.9 Å². The number of hydrogen-bond donors (Lipinski definition) is 1. The summed E-state index contributed by atoms with van der Waals surface area (Å²) in [4.78, 5) is 12.8. The van der Waals surface area contributed by atoms with E-state index in [-0.39, 0.29) is 6.04 Å². The second kappa shape index (κ2) is 11.4. The highest BCUT2D eigenvalue weighted by molar-refractivity contribution is 6.51. The Morgan fingerprint density at radius 3 is 2.23 bits per heavy atom. The van der Waals surface area contributed by atoms with Crippen molar-refractivity contribution in [1.29, 1.82) is 0 Å². The first-order valence-corrected chi connectivity index (χ1v) is 15.3. The third-order valence-electron chi connectivity index (χ3n) is 8.38. The molecule has 0 fully saturated rings. The van der Waals surface area contributed by atoms with Crippen LogP contribution in [-0.4, -0.2) is 21.5 Å². The van der Waals surface area contributed by atoms with E-state index in [1.165, 1.54) is 29.5 Å². The van der Waals surface area contributed by atoms with Crippen LogP contribution in [0.25, 0.3) is 5.69 Å². The van der Waals surface area contributed by atoms with Crippen LogP contribution in [0.2, 0.25) is 0 Å². The Morgan fingerprint density at radius 2 is 1.49 bits per heavy atom. The van der Waals surface area contributed by atoms with Crippen molar-refractivity contribution >= 4 is 34.6 Å². The smallest absolute Gasteiger partial charge is 0.179 e. The number of hydrogen-bond acceptors (Lipinski definition) is 5. The standard InChI is InChI=1S/C37H36N6/c1-4-6-12-27-19-23-29(24-20-27)38-35-37-40-36-33(25(3)41-43(36)30-13-8-7-9-14-30)34(28-21-17-26(5-2)18-22-28)42(37)32-16-11-10-15-31(32)39-35/h7-11,13-24,34H,4-6,12H2,1-3H3,(H,38,39)/t34-/m1/s1. The van der Waals surface area contributed by atoms with Gasteiger partial charge in [-0.15, -0.1) is 0 Å². The van der Waals surface area contributed by atoms with E-state index in [9.17, 15) is 0 Å². The van der Waals surface area contributed by atoms with E-state index in [2.05, 4.69) is 110 Å². The number of amidine groups is 2. The monoisotopic (exact) mass is 564 g/mol. The molecule has 0 amide bonds. The van der Waals surface area contributed by atoms with E-state index < -0.39 is 0 Å². The van der Waals surface area contributed by atoms with E-state index >= 15 is 0 Å². The Hall–Kier alpha value is -4.97. The van der Waals surface area contributed by atoms with Gasteiger partial charge in [-0.3, -0.25) is 0 Å². The Kier molecular flexibility index (Phi) is 7.11. The molecule has 0 saturated heterocycles. The van der Waals surface area contributed by atoms with Gasteiger partial charge in [-0.1, -0.05) is 87.0 Å². The zero-order valence-corrected chi connectivity index (χ0v) is 25.0. The molecule has 3 heterocycles. The summed E-state index contributed by atoms with van der Waals surface area (Å²) in [6.07, 6.45) is 4.48. The first-order chi connectivity index (χ1) is 21.1. The van der Waals surface area contributed by atoms with Crippen molar-refractivity contribution in [3.63, 3.8) is 0 Å². The van der Waals surface area contributed by atoms with Crippen molar-refractivity contribution in [1.82, 2.24) is 9.78 Å². The fourth-order valence-electron chi connectivity index (χ4n) is 6.07. The number of aromatic nitrogens is 2. The molecule has 6 nitrogen and oxygen atoms in total. The van der Waals surface area contributed by atoms with Gasteiger partial charge in [0.15, 0.2) is 17.5 Å². The molecule has 1 atom stereocenters. The molecule has 0 bridgehead atoms.